The Balaban J connectivity index is 3.11. The molecule has 16 heavy (non-hydrogen) atoms. The van der Waals surface area contributed by atoms with E-state index >= 15 is 0 Å². The Kier molecular flexibility index (Phi) is 4.01. The average molecular weight is 218 g/mol. The third-order valence-electron chi connectivity index (χ3n) is 2.37. The van der Waals surface area contributed by atoms with E-state index in [1.807, 2.05) is 19.9 Å². The highest BCUT2D eigenvalue weighted by atomic mass is 16.5. The summed E-state index contributed by atoms with van der Waals surface area (Å²) in [6.07, 6.45) is 3.07. The van der Waals surface area contributed by atoms with Crippen LogP contribution in [0.25, 0.3) is 0 Å². The van der Waals surface area contributed by atoms with Crippen molar-refractivity contribution < 1.29 is 9.53 Å². The number of aromatic nitrogens is 1. The summed E-state index contributed by atoms with van der Waals surface area (Å²) in [5, 5.41) is 8.77. The van der Waals surface area contributed by atoms with Gasteiger partial charge in [0.2, 0.25) is 0 Å². The van der Waals surface area contributed by atoms with Gasteiger partial charge < -0.3 is 4.74 Å². The molecule has 0 aliphatic carbocycles. The van der Waals surface area contributed by atoms with Crippen LogP contribution in [0.1, 0.15) is 30.9 Å². The van der Waals surface area contributed by atoms with E-state index in [0.29, 0.717) is 5.56 Å². The van der Waals surface area contributed by atoms with Gasteiger partial charge in [0.05, 0.1) is 18.6 Å². The first-order chi connectivity index (χ1) is 7.60. The van der Waals surface area contributed by atoms with Crippen molar-refractivity contribution in [3.63, 3.8) is 0 Å². The summed E-state index contributed by atoms with van der Waals surface area (Å²) in [6, 6.07) is 3.68. The molecule has 1 aromatic heterocycles. The standard InChI is InChI=1S/C12H14N2O2/c1-8(2)11(12(15)16-3)10-4-9(5-13)6-14-7-10/h4,6-8,11H,1-3H3. The van der Waals surface area contributed by atoms with Gasteiger partial charge in [0.25, 0.3) is 0 Å². The lowest BCUT2D eigenvalue weighted by Crippen LogP contribution is -2.19. The number of hydrogen-bond acceptors (Lipinski definition) is 4. The highest BCUT2D eigenvalue weighted by Crippen LogP contribution is 2.25. The van der Waals surface area contributed by atoms with Crippen LogP contribution in [0.2, 0.25) is 0 Å². The number of nitrogens with zero attached hydrogens (tertiary/aromatic N) is 2. The molecule has 0 aromatic carbocycles. The minimum absolute atomic E-state index is 0.100. The van der Waals surface area contributed by atoms with E-state index in [1.54, 1.807) is 12.3 Å². The summed E-state index contributed by atoms with van der Waals surface area (Å²) in [6.45, 7) is 3.86. The minimum Gasteiger partial charge on any atom is -0.469 e. The first-order valence-electron chi connectivity index (χ1n) is 5.03. The highest BCUT2D eigenvalue weighted by molar-refractivity contribution is 5.78. The van der Waals surface area contributed by atoms with Crippen LogP contribution in [0.5, 0.6) is 0 Å². The third-order valence-corrected chi connectivity index (χ3v) is 2.37. The molecule has 4 nitrogen and oxygen atoms in total. The fourth-order valence-corrected chi connectivity index (χ4v) is 1.61. The zero-order valence-corrected chi connectivity index (χ0v) is 9.60. The van der Waals surface area contributed by atoms with Crippen LogP contribution in [0.3, 0.4) is 0 Å². The van der Waals surface area contributed by atoms with E-state index in [9.17, 15) is 4.79 Å². The van der Waals surface area contributed by atoms with Gasteiger partial charge >= 0.3 is 5.97 Å². The zero-order valence-electron chi connectivity index (χ0n) is 9.60. The van der Waals surface area contributed by atoms with E-state index in [2.05, 4.69) is 4.98 Å². The lowest BCUT2D eigenvalue weighted by molar-refractivity contribution is -0.143. The van der Waals surface area contributed by atoms with Gasteiger partial charge in [-0.1, -0.05) is 13.8 Å². The summed E-state index contributed by atoms with van der Waals surface area (Å²) in [7, 11) is 1.36. The van der Waals surface area contributed by atoms with Gasteiger partial charge in [0.15, 0.2) is 0 Å². The van der Waals surface area contributed by atoms with Gasteiger partial charge in [-0.05, 0) is 17.5 Å². The average Bonchev–Trinajstić information content (AvgIpc) is 2.29. The van der Waals surface area contributed by atoms with Crippen LogP contribution in [0, 0.1) is 17.2 Å². The molecule has 0 N–H and O–H groups in total. The molecule has 0 bridgehead atoms. The van der Waals surface area contributed by atoms with Crippen LogP contribution < -0.4 is 0 Å². The van der Waals surface area contributed by atoms with Gasteiger partial charge in [-0.25, -0.2) is 0 Å². The highest BCUT2D eigenvalue weighted by Gasteiger charge is 2.25. The van der Waals surface area contributed by atoms with Crippen molar-refractivity contribution in [1.82, 2.24) is 4.98 Å². The smallest absolute Gasteiger partial charge is 0.313 e. The first kappa shape index (κ1) is 12.2. The number of esters is 1. The quantitative estimate of drug-likeness (QED) is 0.726. The normalized spacial score (nSPS) is 11.9. The Morgan fingerprint density at radius 2 is 2.19 bits per heavy atom. The molecule has 1 unspecified atom stereocenters. The van der Waals surface area contributed by atoms with E-state index in [0.717, 1.165) is 5.56 Å². The second kappa shape index (κ2) is 5.26. The number of rotatable bonds is 3. The Labute approximate surface area is 94.9 Å². The molecule has 0 aliphatic rings. The van der Waals surface area contributed by atoms with Crippen molar-refractivity contribution in [2.24, 2.45) is 5.92 Å². The SMILES string of the molecule is COC(=O)C(c1cncc(C#N)c1)C(C)C. The molecule has 0 radical (unpaired) electrons. The molecule has 0 saturated heterocycles. The molecular weight excluding hydrogens is 204 g/mol. The zero-order chi connectivity index (χ0) is 12.1. The van der Waals surface area contributed by atoms with E-state index in [4.69, 9.17) is 10.00 Å². The van der Waals surface area contributed by atoms with Gasteiger partial charge in [0, 0.05) is 12.4 Å². The van der Waals surface area contributed by atoms with Gasteiger partial charge in [-0.3, -0.25) is 9.78 Å². The van der Waals surface area contributed by atoms with Gasteiger partial charge in [0.1, 0.15) is 6.07 Å². The third kappa shape index (κ3) is 2.57. The molecule has 1 atom stereocenters. The molecule has 4 heteroatoms. The monoisotopic (exact) mass is 218 g/mol. The predicted octanol–water partition coefficient (Wildman–Crippen LogP) is 1.87. The number of carbonyl (C=O) groups is 1. The Hall–Kier alpha value is -1.89. The van der Waals surface area contributed by atoms with Crippen molar-refractivity contribution >= 4 is 5.97 Å². The minimum atomic E-state index is -0.370. The summed E-state index contributed by atoms with van der Waals surface area (Å²) >= 11 is 0. The van der Waals surface area contributed by atoms with Crippen LogP contribution in [-0.2, 0) is 9.53 Å². The Bertz CT molecular complexity index is 421. The summed E-state index contributed by atoms with van der Waals surface area (Å²) in [5.74, 6) is -0.569. The van der Waals surface area contributed by atoms with Crippen molar-refractivity contribution in [3.8, 4) is 6.07 Å². The lowest BCUT2D eigenvalue weighted by Gasteiger charge is -2.18. The molecule has 0 spiro atoms. The maximum absolute atomic E-state index is 11.6. The number of carbonyl (C=O) groups excluding carboxylic acids is 1. The maximum Gasteiger partial charge on any atom is 0.313 e. The molecule has 0 saturated carbocycles. The fraction of sp³-hybridized carbons (Fsp3) is 0.417. The van der Waals surface area contributed by atoms with Crippen molar-refractivity contribution in [3.05, 3.63) is 29.6 Å². The Morgan fingerprint density at radius 1 is 1.50 bits per heavy atom. The van der Waals surface area contributed by atoms with Crippen molar-refractivity contribution in [2.45, 2.75) is 19.8 Å². The van der Waals surface area contributed by atoms with Crippen LogP contribution in [0.15, 0.2) is 18.5 Å². The molecule has 0 amide bonds. The number of ether oxygens (including phenoxy) is 1. The molecule has 1 heterocycles. The predicted molar refractivity (Wildman–Crippen MR) is 58.5 cm³/mol. The van der Waals surface area contributed by atoms with E-state index in [-0.39, 0.29) is 17.8 Å². The van der Waals surface area contributed by atoms with E-state index in [1.165, 1.54) is 13.3 Å². The summed E-state index contributed by atoms with van der Waals surface area (Å²) in [4.78, 5) is 15.6. The van der Waals surface area contributed by atoms with Gasteiger partial charge in [-0.15, -0.1) is 0 Å². The molecule has 0 aliphatic heterocycles. The molecule has 1 rings (SSSR count). The Morgan fingerprint density at radius 3 is 2.69 bits per heavy atom. The van der Waals surface area contributed by atoms with Crippen LogP contribution >= 0.6 is 0 Å². The molecular formula is C12H14N2O2. The first-order valence-corrected chi connectivity index (χ1v) is 5.03. The number of methoxy groups -OCH3 is 1. The molecule has 84 valence electrons. The van der Waals surface area contributed by atoms with Crippen molar-refractivity contribution in [2.75, 3.05) is 7.11 Å². The fourth-order valence-electron chi connectivity index (χ4n) is 1.61. The largest absolute Gasteiger partial charge is 0.469 e. The topological polar surface area (TPSA) is 63.0 Å². The molecule has 0 fully saturated rings. The van der Waals surface area contributed by atoms with Crippen LogP contribution in [0.4, 0.5) is 0 Å². The van der Waals surface area contributed by atoms with Gasteiger partial charge in [-0.2, -0.15) is 5.26 Å². The molecule has 1 aromatic rings. The van der Waals surface area contributed by atoms with Crippen molar-refractivity contribution in [1.29, 1.82) is 5.26 Å². The number of hydrogen-bond donors (Lipinski definition) is 0. The van der Waals surface area contributed by atoms with E-state index < -0.39 is 0 Å². The summed E-state index contributed by atoms with van der Waals surface area (Å²) in [5.41, 5.74) is 1.17. The summed E-state index contributed by atoms with van der Waals surface area (Å²) < 4.78 is 4.75. The second-order valence-electron chi connectivity index (χ2n) is 3.86. The maximum atomic E-state index is 11.6. The number of pyridine rings is 1. The lowest BCUT2D eigenvalue weighted by atomic mass is 9.89. The number of nitriles is 1. The van der Waals surface area contributed by atoms with Crippen LogP contribution in [-0.4, -0.2) is 18.1 Å². The second-order valence-corrected chi connectivity index (χ2v) is 3.86.